The average molecular weight is 261 g/mol. The fraction of sp³-hybridized carbons (Fsp3) is 0.750. The lowest BCUT2D eigenvalue weighted by Gasteiger charge is -2.24. The van der Waals surface area contributed by atoms with E-state index in [0.717, 1.165) is 0 Å². The van der Waals surface area contributed by atoms with Gasteiger partial charge in [0.25, 0.3) is 5.92 Å². The fourth-order valence-corrected chi connectivity index (χ4v) is 1.51. The lowest BCUT2D eigenvalue weighted by atomic mass is 9.86. The summed E-state index contributed by atoms with van der Waals surface area (Å²) >= 11 is 0. The van der Waals surface area contributed by atoms with E-state index in [4.69, 9.17) is 5.11 Å². The number of amides is 1. The maximum atomic E-state index is 13.3. The zero-order valence-electron chi connectivity index (χ0n) is 8.51. The topological polar surface area (TPSA) is 57.6 Å². The fourth-order valence-electron chi connectivity index (χ4n) is 1.51. The quantitative estimate of drug-likeness (QED) is 0.719. The molecule has 0 radical (unpaired) electrons. The molecule has 1 aliphatic rings. The van der Waals surface area contributed by atoms with Crippen molar-refractivity contribution >= 4 is 11.9 Å². The van der Waals surface area contributed by atoms with Crippen LogP contribution in [-0.4, -0.2) is 47.1 Å². The van der Waals surface area contributed by atoms with E-state index in [-0.39, 0.29) is 4.90 Å². The predicted octanol–water partition coefficient (Wildman–Crippen LogP) is 1.12. The molecule has 1 fully saturated rings. The van der Waals surface area contributed by atoms with Crippen LogP contribution in [0.1, 0.15) is 6.92 Å². The van der Waals surface area contributed by atoms with Gasteiger partial charge >= 0.3 is 18.1 Å². The van der Waals surface area contributed by atoms with Gasteiger partial charge in [-0.2, -0.15) is 13.2 Å². The molecule has 1 unspecified atom stereocenters. The second-order valence-electron chi connectivity index (χ2n) is 4.00. The third-order valence-electron chi connectivity index (χ3n) is 2.71. The van der Waals surface area contributed by atoms with E-state index in [1.807, 2.05) is 0 Å². The molecular weight excluding hydrogens is 253 g/mol. The molecule has 0 aliphatic carbocycles. The van der Waals surface area contributed by atoms with Crippen molar-refractivity contribution in [2.45, 2.75) is 19.0 Å². The molecule has 9 heteroatoms. The van der Waals surface area contributed by atoms with Gasteiger partial charge in [0.1, 0.15) is 5.41 Å². The minimum absolute atomic E-state index is 0.186. The summed E-state index contributed by atoms with van der Waals surface area (Å²) in [5.74, 6) is -8.30. The molecule has 1 rings (SSSR count). The van der Waals surface area contributed by atoms with E-state index in [2.05, 4.69) is 0 Å². The molecule has 0 saturated carbocycles. The molecule has 0 bridgehead atoms. The van der Waals surface area contributed by atoms with Crippen LogP contribution < -0.4 is 0 Å². The first-order valence-corrected chi connectivity index (χ1v) is 4.39. The van der Waals surface area contributed by atoms with Gasteiger partial charge in [0.2, 0.25) is 0 Å². The lowest BCUT2D eigenvalue weighted by molar-refractivity contribution is -0.185. The van der Waals surface area contributed by atoms with Gasteiger partial charge in [-0.1, -0.05) is 0 Å². The van der Waals surface area contributed by atoms with Crippen molar-refractivity contribution in [2.24, 2.45) is 5.41 Å². The smallest absolute Gasteiger partial charge is 0.471 e. The summed E-state index contributed by atoms with van der Waals surface area (Å²) in [6.07, 6.45) is -5.29. The molecular formula is C8H8F5NO3. The molecule has 0 aromatic carbocycles. The van der Waals surface area contributed by atoms with Gasteiger partial charge in [-0.05, 0) is 6.92 Å². The maximum absolute atomic E-state index is 13.3. The summed E-state index contributed by atoms with van der Waals surface area (Å²) in [5, 5.41) is 8.61. The predicted molar refractivity (Wildman–Crippen MR) is 43.3 cm³/mol. The number of carbonyl (C=O) groups is 2. The number of alkyl halides is 5. The summed E-state index contributed by atoms with van der Waals surface area (Å²) in [6.45, 7) is -2.11. The molecule has 1 atom stereocenters. The summed E-state index contributed by atoms with van der Waals surface area (Å²) in [4.78, 5) is 21.2. The van der Waals surface area contributed by atoms with Crippen LogP contribution in [0.3, 0.4) is 0 Å². The Kier molecular flexibility index (Phi) is 2.84. The molecule has 17 heavy (non-hydrogen) atoms. The lowest BCUT2D eigenvalue weighted by Crippen LogP contribution is -2.44. The Morgan fingerprint density at radius 3 is 2.00 bits per heavy atom. The molecule has 0 aromatic rings. The van der Waals surface area contributed by atoms with E-state index in [1.165, 1.54) is 0 Å². The van der Waals surface area contributed by atoms with E-state index >= 15 is 0 Å². The van der Waals surface area contributed by atoms with Gasteiger partial charge < -0.3 is 10.0 Å². The highest BCUT2D eigenvalue weighted by molar-refractivity contribution is 5.85. The molecule has 0 aromatic heterocycles. The molecule has 1 heterocycles. The van der Waals surface area contributed by atoms with E-state index < -0.39 is 42.5 Å². The van der Waals surface area contributed by atoms with Crippen molar-refractivity contribution in [3.05, 3.63) is 0 Å². The number of hydrogen-bond donors (Lipinski definition) is 1. The number of halogens is 5. The number of carbonyl (C=O) groups excluding carboxylic acids is 1. The number of rotatable bonds is 1. The Bertz CT molecular complexity index is 367. The Labute approximate surface area is 92.0 Å². The number of carboxylic acid groups (broad SMARTS) is 1. The molecule has 1 N–H and O–H groups in total. The highest BCUT2D eigenvalue weighted by atomic mass is 19.4. The van der Waals surface area contributed by atoms with Crippen LogP contribution in [0.25, 0.3) is 0 Å². The minimum Gasteiger partial charge on any atom is -0.481 e. The SMILES string of the molecule is CC1(C(=O)O)CN(C(=O)C(F)(F)F)CC1(F)F. The molecule has 1 saturated heterocycles. The molecule has 4 nitrogen and oxygen atoms in total. The molecule has 98 valence electrons. The summed E-state index contributed by atoms with van der Waals surface area (Å²) in [7, 11) is 0. The minimum atomic E-state index is -5.29. The van der Waals surface area contributed by atoms with Crippen LogP contribution in [0.5, 0.6) is 0 Å². The Hall–Kier alpha value is -1.41. The zero-order valence-corrected chi connectivity index (χ0v) is 8.51. The van der Waals surface area contributed by atoms with Gasteiger partial charge in [0.15, 0.2) is 0 Å². The Balaban J connectivity index is 3.01. The Morgan fingerprint density at radius 1 is 1.24 bits per heavy atom. The summed E-state index contributed by atoms with van der Waals surface area (Å²) < 4.78 is 62.7. The largest absolute Gasteiger partial charge is 0.481 e. The monoisotopic (exact) mass is 261 g/mol. The molecule has 1 amide bonds. The summed E-state index contributed by atoms with van der Waals surface area (Å²) in [6, 6.07) is 0. The first kappa shape index (κ1) is 13.7. The van der Waals surface area contributed by atoms with E-state index in [0.29, 0.717) is 6.92 Å². The second kappa shape index (κ2) is 3.54. The van der Waals surface area contributed by atoms with Crippen LogP contribution in [0.15, 0.2) is 0 Å². The van der Waals surface area contributed by atoms with Crippen molar-refractivity contribution < 1.29 is 36.6 Å². The first-order valence-electron chi connectivity index (χ1n) is 4.39. The highest BCUT2D eigenvalue weighted by Crippen LogP contribution is 2.44. The van der Waals surface area contributed by atoms with Crippen molar-refractivity contribution in [3.8, 4) is 0 Å². The van der Waals surface area contributed by atoms with Gasteiger partial charge in [0, 0.05) is 6.54 Å². The van der Waals surface area contributed by atoms with Gasteiger partial charge in [0.05, 0.1) is 6.54 Å². The van der Waals surface area contributed by atoms with Crippen molar-refractivity contribution in [2.75, 3.05) is 13.1 Å². The number of hydrogen-bond acceptors (Lipinski definition) is 2. The highest BCUT2D eigenvalue weighted by Gasteiger charge is 2.65. The van der Waals surface area contributed by atoms with Crippen LogP contribution in [0.2, 0.25) is 0 Å². The number of aliphatic carboxylic acids is 1. The zero-order chi connectivity index (χ0) is 13.6. The van der Waals surface area contributed by atoms with Gasteiger partial charge in [-0.25, -0.2) is 8.78 Å². The molecule has 0 spiro atoms. The number of nitrogens with zero attached hydrogens (tertiary/aromatic N) is 1. The van der Waals surface area contributed by atoms with E-state index in [1.54, 1.807) is 0 Å². The van der Waals surface area contributed by atoms with Crippen LogP contribution >= 0.6 is 0 Å². The number of carboxylic acids is 1. The third-order valence-corrected chi connectivity index (χ3v) is 2.71. The van der Waals surface area contributed by atoms with Crippen molar-refractivity contribution in [1.82, 2.24) is 4.90 Å². The molecule has 1 aliphatic heterocycles. The normalized spacial score (nSPS) is 28.2. The first-order chi connectivity index (χ1) is 7.42. The second-order valence-corrected chi connectivity index (χ2v) is 4.00. The average Bonchev–Trinajstić information content (AvgIpc) is 2.36. The van der Waals surface area contributed by atoms with E-state index in [9.17, 15) is 31.5 Å². The van der Waals surface area contributed by atoms with Crippen LogP contribution in [0, 0.1) is 5.41 Å². The maximum Gasteiger partial charge on any atom is 0.471 e. The van der Waals surface area contributed by atoms with Crippen molar-refractivity contribution in [3.63, 3.8) is 0 Å². The van der Waals surface area contributed by atoms with Crippen LogP contribution in [0.4, 0.5) is 22.0 Å². The number of likely N-dealkylation sites (tertiary alicyclic amines) is 1. The Morgan fingerprint density at radius 2 is 1.71 bits per heavy atom. The standard InChI is InChI=1S/C8H8F5NO3/c1-6(5(16)17)2-14(3-7(6,9)10)4(15)8(11,12)13/h2-3H2,1H3,(H,16,17). The van der Waals surface area contributed by atoms with Crippen molar-refractivity contribution in [1.29, 1.82) is 0 Å². The van der Waals surface area contributed by atoms with Crippen LogP contribution in [-0.2, 0) is 9.59 Å². The summed E-state index contributed by atoms with van der Waals surface area (Å²) in [5.41, 5.74) is -2.70. The van der Waals surface area contributed by atoms with Gasteiger partial charge in [-0.3, -0.25) is 9.59 Å². The van der Waals surface area contributed by atoms with Gasteiger partial charge in [-0.15, -0.1) is 0 Å². The third kappa shape index (κ3) is 2.05.